The van der Waals surface area contributed by atoms with Crippen LogP contribution in [0.2, 0.25) is 5.02 Å². The molecule has 3 aliphatic rings. The number of amides is 1. The van der Waals surface area contributed by atoms with Crippen molar-refractivity contribution < 1.29 is 64.5 Å². The van der Waals surface area contributed by atoms with E-state index in [1.165, 1.54) is 53.8 Å². The highest BCUT2D eigenvalue weighted by molar-refractivity contribution is 7.83. The first-order valence-electron chi connectivity index (χ1n) is 20.8. The lowest BCUT2D eigenvalue weighted by Crippen LogP contribution is -2.50. The van der Waals surface area contributed by atoms with Gasteiger partial charge in [-0.2, -0.15) is 30.9 Å². The number of carbonyl (C=O) groups excluding carboxylic acids is 1. The number of hydrogen-bond donors (Lipinski definition) is 3. The molecule has 1 fully saturated rings. The number of phenols is 1. The second kappa shape index (κ2) is 20.2. The molecule has 0 radical (unpaired) electrons. The monoisotopic (exact) mass is 1000 g/mol. The Labute approximate surface area is 394 Å². The molecule has 1 amide bonds. The number of benzene rings is 3. The van der Waals surface area contributed by atoms with Crippen LogP contribution in [0.1, 0.15) is 28.8 Å². The van der Waals surface area contributed by atoms with Crippen molar-refractivity contribution in [3.8, 4) is 45.0 Å². The summed E-state index contributed by atoms with van der Waals surface area (Å²) in [4.78, 5) is 48.7. The Bertz CT molecular complexity index is 2960. The molecular weight excluding hydrogens is 962 g/mol. The fraction of sp³-hybridized carbons (Fsp3) is 0.318. The summed E-state index contributed by atoms with van der Waals surface area (Å²) in [5.74, 6) is -2.69. The lowest BCUT2D eigenvalue weighted by molar-refractivity contribution is -0.145. The fourth-order valence-corrected chi connectivity index (χ4v) is 9.71. The van der Waals surface area contributed by atoms with Gasteiger partial charge in [0, 0.05) is 74.4 Å². The van der Waals surface area contributed by atoms with Gasteiger partial charge in [-0.1, -0.05) is 48.0 Å². The lowest BCUT2D eigenvalue weighted by Gasteiger charge is -2.34. The number of carboxylic acid groups (broad SMARTS) is 1. The summed E-state index contributed by atoms with van der Waals surface area (Å²) in [5, 5.41) is 22.8. The van der Waals surface area contributed by atoms with Gasteiger partial charge in [0.2, 0.25) is 17.9 Å². The van der Waals surface area contributed by atoms with Gasteiger partial charge in [0.1, 0.15) is 41.7 Å². The molecule has 0 aliphatic carbocycles. The number of thiophene rings is 1. The molecule has 6 aromatic rings. The molecule has 3 aromatic carbocycles. The summed E-state index contributed by atoms with van der Waals surface area (Å²) < 4.78 is 104. The van der Waals surface area contributed by atoms with Crippen molar-refractivity contribution in [1.29, 1.82) is 0 Å². The fourth-order valence-electron chi connectivity index (χ4n) is 7.71. The minimum Gasteiger partial charge on any atom is -0.506 e. The molecule has 4 bridgehead atoms. The maximum Gasteiger partial charge on any atom is 0.392 e. The number of nitrogens with zero attached hydrogens (tertiary/aromatic N) is 7. The molecule has 358 valence electrons. The first-order valence-corrected chi connectivity index (χ1v) is 23.4. The van der Waals surface area contributed by atoms with E-state index in [1.807, 2.05) is 4.90 Å². The first-order chi connectivity index (χ1) is 32.4. The summed E-state index contributed by atoms with van der Waals surface area (Å²) >= 11 is 8.13. The Balaban J connectivity index is 1.19. The number of aromatic nitrogens is 4. The molecular formula is C44H40ClF4N7O10S2. The highest BCUT2D eigenvalue weighted by Crippen LogP contribution is 2.51. The third-order valence-electron chi connectivity index (χ3n) is 11.2. The van der Waals surface area contributed by atoms with E-state index >= 15 is 0 Å². The van der Waals surface area contributed by atoms with Gasteiger partial charge in [-0.15, -0.1) is 11.3 Å². The normalized spacial score (nSPS) is 16.4. The molecule has 68 heavy (non-hydrogen) atoms. The van der Waals surface area contributed by atoms with Crippen LogP contribution in [0, 0.1) is 5.82 Å². The first kappa shape index (κ1) is 48.2. The molecule has 0 spiro atoms. The maximum absolute atomic E-state index is 14.4. The second-order valence-corrected chi connectivity index (χ2v) is 18.5. The average Bonchev–Trinajstić information content (AvgIpc) is 3.68. The van der Waals surface area contributed by atoms with Crippen LogP contribution in [-0.2, 0) is 45.9 Å². The molecule has 0 unspecified atom stereocenters. The van der Waals surface area contributed by atoms with E-state index in [9.17, 15) is 50.3 Å². The molecule has 1 saturated heterocycles. The number of phenolic OH excluding ortho intramolecular Hbond substituents is 1. The molecule has 3 aromatic heterocycles. The van der Waals surface area contributed by atoms with Gasteiger partial charge in [0.15, 0.2) is 0 Å². The Morgan fingerprint density at radius 2 is 1.74 bits per heavy atom. The van der Waals surface area contributed by atoms with E-state index in [0.717, 1.165) is 15.6 Å². The number of alkyl halides is 3. The van der Waals surface area contributed by atoms with E-state index in [2.05, 4.69) is 19.9 Å². The van der Waals surface area contributed by atoms with Crippen LogP contribution in [0.4, 0.5) is 17.6 Å². The van der Waals surface area contributed by atoms with Crippen LogP contribution < -0.4 is 14.2 Å². The Kier molecular flexibility index (Phi) is 14.3. The van der Waals surface area contributed by atoms with Crippen molar-refractivity contribution in [2.24, 2.45) is 0 Å². The SMILES string of the molecule is O=C(O)[C@H]1Cc2cc(ccc2OCc2ccnc(OCCC(F)(F)F)n2)CC(=O)N(CCN2CCN(S(=O)(=O)O)CC2)Cc2ccc(c(O)c2Cl)-c2c(-c3ccc(F)cc3)sc3ncnc(c23)O1. The number of hydrogen-bond acceptors (Lipinski definition) is 14. The minimum absolute atomic E-state index is 0.0320. The highest BCUT2D eigenvalue weighted by Gasteiger charge is 2.31. The topological polar surface area (TPSA) is 218 Å². The number of piperazine rings is 1. The van der Waals surface area contributed by atoms with Crippen LogP contribution in [0.3, 0.4) is 0 Å². The third kappa shape index (κ3) is 11.4. The van der Waals surface area contributed by atoms with Crippen LogP contribution in [0.15, 0.2) is 73.2 Å². The number of aliphatic carboxylic acids is 1. The predicted molar refractivity (Wildman–Crippen MR) is 238 cm³/mol. The molecule has 24 heteroatoms. The number of aromatic hydroxyl groups is 1. The van der Waals surface area contributed by atoms with Crippen molar-refractivity contribution in [2.45, 2.75) is 44.7 Å². The quantitative estimate of drug-likeness (QED) is 0.0869. The van der Waals surface area contributed by atoms with E-state index in [4.69, 9.17) is 25.8 Å². The van der Waals surface area contributed by atoms with Crippen LogP contribution in [0.25, 0.3) is 31.8 Å². The number of carbonyl (C=O) groups is 2. The van der Waals surface area contributed by atoms with Gasteiger partial charge in [-0.25, -0.2) is 24.1 Å². The van der Waals surface area contributed by atoms with E-state index in [1.54, 1.807) is 24.3 Å². The zero-order chi connectivity index (χ0) is 48.3. The van der Waals surface area contributed by atoms with E-state index in [0.29, 0.717) is 38.5 Å². The zero-order valence-corrected chi connectivity index (χ0v) is 37.9. The second-order valence-electron chi connectivity index (χ2n) is 15.7. The highest BCUT2D eigenvalue weighted by atomic mass is 35.5. The van der Waals surface area contributed by atoms with Crippen molar-refractivity contribution >= 4 is 55.3 Å². The largest absolute Gasteiger partial charge is 0.506 e. The van der Waals surface area contributed by atoms with Gasteiger partial charge in [0.05, 0.1) is 28.9 Å². The van der Waals surface area contributed by atoms with Gasteiger partial charge < -0.3 is 29.3 Å². The minimum atomic E-state index is -4.45. The number of carboxylic acids is 1. The molecule has 3 N–H and O–H groups in total. The van der Waals surface area contributed by atoms with E-state index in [-0.39, 0.29) is 109 Å². The molecule has 0 saturated carbocycles. The predicted octanol–water partition coefficient (Wildman–Crippen LogP) is 6.60. The molecule has 6 heterocycles. The van der Waals surface area contributed by atoms with Gasteiger partial charge in [-0.3, -0.25) is 14.2 Å². The van der Waals surface area contributed by atoms with Crippen LogP contribution in [0.5, 0.6) is 23.4 Å². The summed E-state index contributed by atoms with van der Waals surface area (Å²) in [7, 11) is -4.38. The summed E-state index contributed by atoms with van der Waals surface area (Å²) in [5.41, 5.74) is 2.31. The van der Waals surface area contributed by atoms with Crippen LogP contribution >= 0.6 is 22.9 Å². The Morgan fingerprint density at radius 1 is 0.971 bits per heavy atom. The van der Waals surface area contributed by atoms with Gasteiger partial charge >= 0.3 is 28.5 Å². The summed E-state index contributed by atoms with van der Waals surface area (Å²) in [6.45, 7) is -0.0235. The number of rotatable bonds is 12. The number of halogens is 5. The van der Waals surface area contributed by atoms with Gasteiger partial charge in [0.25, 0.3) is 0 Å². The molecule has 1 atom stereocenters. The molecule has 3 aliphatic heterocycles. The number of fused-ring (bicyclic) bond motifs is 7. The molecule has 9 rings (SSSR count). The van der Waals surface area contributed by atoms with Crippen LogP contribution in [-0.4, -0.2) is 127 Å². The third-order valence-corrected chi connectivity index (χ3v) is 13.8. The van der Waals surface area contributed by atoms with Crippen molar-refractivity contribution in [3.63, 3.8) is 0 Å². The maximum atomic E-state index is 14.4. The van der Waals surface area contributed by atoms with Crippen molar-refractivity contribution in [1.82, 2.24) is 34.0 Å². The summed E-state index contributed by atoms with van der Waals surface area (Å²) in [6.07, 6.45) is -5.43. The van der Waals surface area contributed by atoms with Crippen molar-refractivity contribution in [2.75, 3.05) is 45.9 Å². The van der Waals surface area contributed by atoms with E-state index < -0.39 is 53.3 Å². The zero-order valence-electron chi connectivity index (χ0n) is 35.5. The van der Waals surface area contributed by atoms with Gasteiger partial charge in [-0.05, 0) is 46.5 Å². The Hall–Kier alpha value is -6.24. The smallest absolute Gasteiger partial charge is 0.392 e. The Morgan fingerprint density at radius 3 is 2.46 bits per heavy atom. The summed E-state index contributed by atoms with van der Waals surface area (Å²) in [6, 6.07) is 14.7. The molecule has 17 nitrogen and oxygen atoms in total. The number of ether oxygens (including phenoxy) is 3. The average molecular weight is 1000 g/mol. The lowest BCUT2D eigenvalue weighted by atomic mass is 9.97. The standard InChI is InChI=1S/C44H40ClF4N7O10S2/c45-37-27-4-7-31(38(37)58)35-36-40(51-24-52-41(36)67-39(35)26-2-5-29(46)6-3-26)66-33(42(59)60)21-28-19-25(20-34(57)55(22-27)15-12-54-13-16-56(17-14-54)68(61,62)63)1-8-32(28)65-23-30-9-11-50-43(53-30)64-18-10-44(47,48)49/h1-9,11,19,24,33,58H,10,12-18,20-23H2,(H,59,60)(H,61,62,63)/t33-/m1/s1. The van der Waals surface area contributed by atoms with Crippen molar-refractivity contribution in [3.05, 3.63) is 106 Å².